The van der Waals surface area contributed by atoms with E-state index in [1.54, 1.807) is 0 Å². The smallest absolute Gasteiger partial charge is 0.144 e. The third-order valence-electron chi connectivity index (χ3n) is 2.93. The van der Waals surface area contributed by atoms with E-state index in [9.17, 15) is 0 Å². The van der Waals surface area contributed by atoms with Crippen molar-refractivity contribution in [2.75, 3.05) is 11.9 Å². The third-order valence-corrected chi connectivity index (χ3v) is 3.40. The van der Waals surface area contributed by atoms with Gasteiger partial charge in [0.05, 0.1) is 11.7 Å². The molecule has 1 atom stereocenters. The molecule has 0 spiro atoms. The van der Waals surface area contributed by atoms with Crippen LogP contribution >= 0.6 is 23.2 Å². The molecule has 4 heteroatoms. The monoisotopic (exact) mass is 279 g/mol. The predicted octanol–water partition coefficient (Wildman–Crippen LogP) is 4.54. The molecule has 1 aliphatic heterocycles. The summed E-state index contributed by atoms with van der Waals surface area (Å²) in [7, 11) is 0. The zero-order valence-electron chi connectivity index (χ0n) is 9.49. The average molecular weight is 280 g/mol. The minimum atomic E-state index is 0.109. The molecule has 2 aromatic rings. The summed E-state index contributed by atoms with van der Waals surface area (Å²) in [6, 6.07) is 13.5. The van der Waals surface area contributed by atoms with Gasteiger partial charge in [0.1, 0.15) is 12.4 Å². The van der Waals surface area contributed by atoms with Gasteiger partial charge in [-0.3, -0.25) is 0 Å². The highest BCUT2D eigenvalue weighted by Crippen LogP contribution is 2.35. The molecule has 0 aliphatic carbocycles. The summed E-state index contributed by atoms with van der Waals surface area (Å²) >= 11 is 11.9. The summed E-state index contributed by atoms with van der Waals surface area (Å²) in [5, 5.41) is 4.84. The summed E-state index contributed by atoms with van der Waals surface area (Å²) in [5.41, 5.74) is 2.07. The minimum Gasteiger partial charge on any atom is -0.489 e. The van der Waals surface area contributed by atoms with E-state index in [4.69, 9.17) is 27.9 Å². The molecule has 0 unspecified atom stereocenters. The van der Waals surface area contributed by atoms with Crippen LogP contribution in [0.5, 0.6) is 5.75 Å². The average Bonchev–Trinajstić information content (AvgIpc) is 2.38. The number of benzene rings is 2. The molecule has 18 heavy (non-hydrogen) atoms. The Labute approximate surface area is 115 Å². The molecule has 0 saturated heterocycles. The molecule has 1 N–H and O–H groups in total. The van der Waals surface area contributed by atoms with Gasteiger partial charge in [0.2, 0.25) is 0 Å². The van der Waals surface area contributed by atoms with E-state index in [-0.39, 0.29) is 6.04 Å². The van der Waals surface area contributed by atoms with Crippen LogP contribution in [0.1, 0.15) is 11.6 Å². The Bertz CT molecular complexity index is 586. The van der Waals surface area contributed by atoms with E-state index < -0.39 is 0 Å². The van der Waals surface area contributed by atoms with Gasteiger partial charge in [-0.2, -0.15) is 0 Å². The van der Waals surface area contributed by atoms with Gasteiger partial charge in [-0.25, -0.2) is 0 Å². The fourth-order valence-corrected chi connectivity index (χ4v) is 2.40. The molecular weight excluding hydrogens is 269 g/mol. The second-order valence-corrected chi connectivity index (χ2v) is 5.08. The maximum Gasteiger partial charge on any atom is 0.144 e. The van der Waals surface area contributed by atoms with Gasteiger partial charge in [0.15, 0.2) is 0 Å². The number of halogens is 2. The lowest BCUT2D eigenvalue weighted by atomic mass is 10.1. The first-order chi connectivity index (χ1) is 8.72. The SMILES string of the molecule is Clc1cccc([C@H]2COc3cc(Cl)ccc3N2)c1. The van der Waals surface area contributed by atoms with Crippen LogP contribution < -0.4 is 10.1 Å². The van der Waals surface area contributed by atoms with Crippen LogP contribution in [0.3, 0.4) is 0 Å². The Hall–Kier alpha value is -1.38. The standard InChI is InChI=1S/C14H11Cl2NO/c15-10-3-1-2-9(6-10)13-8-18-14-7-11(16)4-5-12(14)17-13/h1-7,13,17H,8H2/t13-/m1/s1. The lowest BCUT2D eigenvalue weighted by Crippen LogP contribution is -2.23. The minimum absolute atomic E-state index is 0.109. The van der Waals surface area contributed by atoms with Gasteiger partial charge in [-0.05, 0) is 29.8 Å². The van der Waals surface area contributed by atoms with Crippen molar-refractivity contribution in [2.45, 2.75) is 6.04 Å². The summed E-state index contributed by atoms with van der Waals surface area (Å²) < 4.78 is 5.72. The van der Waals surface area contributed by atoms with Gasteiger partial charge in [0, 0.05) is 16.1 Å². The summed E-state index contributed by atoms with van der Waals surface area (Å²) in [4.78, 5) is 0. The number of fused-ring (bicyclic) bond motifs is 1. The topological polar surface area (TPSA) is 21.3 Å². The highest BCUT2D eigenvalue weighted by atomic mass is 35.5. The summed E-state index contributed by atoms with van der Waals surface area (Å²) in [5.74, 6) is 0.792. The number of rotatable bonds is 1. The molecular formula is C14H11Cl2NO. The first-order valence-corrected chi connectivity index (χ1v) is 6.42. The van der Waals surface area contributed by atoms with E-state index in [2.05, 4.69) is 5.32 Å². The van der Waals surface area contributed by atoms with Crippen molar-refractivity contribution < 1.29 is 4.74 Å². The van der Waals surface area contributed by atoms with Gasteiger partial charge >= 0.3 is 0 Å². The van der Waals surface area contributed by atoms with Crippen LogP contribution in [0.15, 0.2) is 42.5 Å². The molecule has 1 aliphatic rings. The molecule has 3 rings (SSSR count). The zero-order valence-corrected chi connectivity index (χ0v) is 11.0. The molecule has 0 fully saturated rings. The Kier molecular flexibility index (Phi) is 3.06. The maximum absolute atomic E-state index is 6.00. The maximum atomic E-state index is 6.00. The Morgan fingerprint density at radius 2 is 1.89 bits per heavy atom. The van der Waals surface area contributed by atoms with E-state index >= 15 is 0 Å². The second-order valence-electron chi connectivity index (χ2n) is 4.20. The Morgan fingerprint density at radius 1 is 1.06 bits per heavy atom. The molecule has 0 aromatic heterocycles. The Morgan fingerprint density at radius 3 is 2.72 bits per heavy atom. The fourth-order valence-electron chi connectivity index (χ4n) is 2.04. The molecule has 2 aromatic carbocycles. The summed E-state index contributed by atoms with van der Waals surface area (Å²) in [6.45, 7) is 0.563. The van der Waals surface area contributed by atoms with Crippen LogP contribution in [0.4, 0.5) is 5.69 Å². The van der Waals surface area contributed by atoms with Crippen molar-refractivity contribution in [3.8, 4) is 5.75 Å². The van der Waals surface area contributed by atoms with Crippen molar-refractivity contribution in [1.29, 1.82) is 0 Å². The normalized spacial score (nSPS) is 17.6. The van der Waals surface area contributed by atoms with Gasteiger partial charge in [-0.1, -0.05) is 35.3 Å². The Balaban J connectivity index is 1.89. The van der Waals surface area contributed by atoms with Gasteiger partial charge in [-0.15, -0.1) is 0 Å². The molecule has 1 heterocycles. The van der Waals surface area contributed by atoms with Crippen molar-refractivity contribution in [1.82, 2.24) is 0 Å². The van der Waals surface area contributed by atoms with Crippen molar-refractivity contribution in [3.63, 3.8) is 0 Å². The first-order valence-electron chi connectivity index (χ1n) is 5.67. The number of nitrogens with one attached hydrogen (secondary N) is 1. The fraction of sp³-hybridized carbons (Fsp3) is 0.143. The van der Waals surface area contributed by atoms with Gasteiger partial charge in [0.25, 0.3) is 0 Å². The van der Waals surface area contributed by atoms with E-state index in [0.717, 1.165) is 22.0 Å². The van der Waals surface area contributed by atoms with Crippen molar-refractivity contribution >= 4 is 28.9 Å². The lowest BCUT2D eigenvalue weighted by Gasteiger charge is -2.28. The lowest BCUT2D eigenvalue weighted by molar-refractivity contribution is 0.286. The van der Waals surface area contributed by atoms with E-state index in [1.807, 2.05) is 42.5 Å². The summed E-state index contributed by atoms with van der Waals surface area (Å²) in [6.07, 6.45) is 0. The van der Waals surface area contributed by atoms with Crippen LogP contribution in [0, 0.1) is 0 Å². The highest BCUT2D eigenvalue weighted by Gasteiger charge is 2.20. The van der Waals surface area contributed by atoms with Crippen molar-refractivity contribution in [2.24, 2.45) is 0 Å². The number of hydrogen-bond donors (Lipinski definition) is 1. The van der Waals surface area contributed by atoms with E-state index in [1.165, 1.54) is 0 Å². The molecule has 0 saturated carbocycles. The highest BCUT2D eigenvalue weighted by molar-refractivity contribution is 6.31. The quantitative estimate of drug-likeness (QED) is 0.828. The first kappa shape index (κ1) is 11.7. The number of hydrogen-bond acceptors (Lipinski definition) is 2. The number of anilines is 1. The third kappa shape index (κ3) is 2.26. The molecule has 2 nitrogen and oxygen atoms in total. The zero-order chi connectivity index (χ0) is 12.5. The van der Waals surface area contributed by atoms with Crippen LogP contribution in [0.2, 0.25) is 10.0 Å². The molecule has 0 amide bonds. The van der Waals surface area contributed by atoms with Crippen LogP contribution in [-0.4, -0.2) is 6.61 Å². The van der Waals surface area contributed by atoms with Gasteiger partial charge < -0.3 is 10.1 Å². The van der Waals surface area contributed by atoms with E-state index in [0.29, 0.717) is 11.6 Å². The van der Waals surface area contributed by atoms with Crippen molar-refractivity contribution in [3.05, 3.63) is 58.1 Å². The molecule has 0 bridgehead atoms. The predicted molar refractivity (Wildman–Crippen MR) is 74.8 cm³/mol. The van der Waals surface area contributed by atoms with Crippen LogP contribution in [0.25, 0.3) is 0 Å². The largest absolute Gasteiger partial charge is 0.489 e. The second kappa shape index (κ2) is 4.71. The molecule has 92 valence electrons. The number of ether oxygens (including phenoxy) is 1. The molecule has 0 radical (unpaired) electrons. The van der Waals surface area contributed by atoms with Crippen LogP contribution in [-0.2, 0) is 0 Å².